The van der Waals surface area contributed by atoms with E-state index in [1.807, 2.05) is 0 Å². The van der Waals surface area contributed by atoms with Gasteiger partial charge in [-0.25, -0.2) is 0 Å². The summed E-state index contributed by atoms with van der Waals surface area (Å²) in [6.07, 6.45) is 7.18. The average molecular weight is 364 g/mol. The molecule has 5 rings (SSSR count). The third kappa shape index (κ3) is 2.07. The van der Waals surface area contributed by atoms with Crippen LogP contribution < -0.4 is 0 Å². The molecule has 1 heterocycles. The van der Waals surface area contributed by atoms with Crippen LogP contribution in [0.4, 0.5) is 8.78 Å². The summed E-state index contributed by atoms with van der Waals surface area (Å²) in [5.41, 5.74) is 1.58. The molecule has 0 aromatic heterocycles. The van der Waals surface area contributed by atoms with Gasteiger partial charge in [0.15, 0.2) is 0 Å². The van der Waals surface area contributed by atoms with Crippen molar-refractivity contribution in [2.24, 2.45) is 22.7 Å². The van der Waals surface area contributed by atoms with Crippen LogP contribution >= 0.6 is 0 Å². The van der Waals surface area contributed by atoms with Crippen molar-refractivity contribution >= 4 is 5.78 Å². The van der Waals surface area contributed by atoms with Crippen molar-refractivity contribution in [3.63, 3.8) is 0 Å². The van der Waals surface area contributed by atoms with Crippen LogP contribution in [0, 0.1) is 22.7 Å². The number of fused-ring (bicyclic) bond motifs is 6. The third-order valence-corrected chi connectivity index (χ3v) is 7.93. The van der Waals surface area contributed by atoms with Gasteiger partial charge in [-0.1, -0.05) is 37.1 Å². The van der Waals surface area contributed by atoms with Gasteiger partial charge in [0.25, 0.3) is 0 Å². The molecule has 0 amide bonds. The van der Waals surface area contributed by atoms with E-state index in [-0.39, 0.29) is 35.9 Å². The van der Waals surface area contributed by atoms with Gasteiger partial charge >= 0.3 is 5.92 Å². The van der Waals surface area contributed by atoms with Crippen LogP contribution in [0.1, 0.15) is 46.0 Å². The highest BCUT2D eigenvalue weighted by molar-refractivity contribution is 5.94. The zero-order valence-corrected chi connectivity index (χ0v) is 15.4. The van der Waals surface area contributed by atoms with Crippen LogP contribution in [0.15, 0.2) is 23.3 Å². The summed E-state index contributed by atoms with van der Waals surface area (Å²) >= 11 is 0. The van der Waals surface area contributed by atoms with E-state index in [4.69, 9.17) is 9.47 Å². The van der Waals surface area contributed by atoms with Crippen molar-refractivity contribution in [1.29, 1.82) is 0 Å². The summed E-state index contributed by atoms with van der Waals surface area (Å²) in [4.78, 5) is 12.4. The lowest BCUT2D eigenvalue weighted by Crippen LogP contribution is -2.51. The number of ketones is 1. The predicted molar refractivity (Wildman–Crippen MR) is 91.9 cm³/mol. The standard InChI is InChI=1S/C21H26F2O3/c1-19-6-5-14-13(15(19)10-21(22,23)18(19)24)4-3-12-9-16-17(11-20(12,14)2)26-8-7-25-16/h3,5,13,15-17H,4,6-11H2,1-2H3/t13-,15+,16?,17?,19+,20+/m1/s1. The molecule has 5 aliphatic rings. The first-order valence-corrected chi connectivity index (χ1v) is 9.82. The monoisotopic (exact) mass is 364 g/mol. The van der Waals surface area contributed by atoms with Crippen molar-refractivity contribution < 1.29 is 23.0 Å². The van der Waals surface area contributed by atoms with Gasteiger partial charge in [-0.05, 0) is 37.5 Å². The molecule has 0 radical (unpaired) electrons. The summed E-state index contributed by atoms with van der Waals surface area (Å²) in [7, 11) is 0. The molecule has 2 unspecified atom stereocenters. The Kier molecular flexibility index (Phi) is 3.45. The van der Waals surface area contributed by atoms with Crippen LogP contribution in [-0.4, -0.2) is 37.1 Å². The second-order valence-corrected chi connectivity index (χ2v) is 9.26. The lowest BCUT2D eigenvalue weighted by Gasteiger charge is -2.54. The molecule has 0 aromatic rings. The first kappa shape index (κ1) is 17.1. The van der Waals surface area contributed by atoms with Crippen LogP contribution in [-0.2, 0) is 14.3 Å². The first-order chi connectivity index (χ1) is 12.3. The van der Waals surface area contributed by atoms with E-state index in [1.165, 1.54) is 11.1 Å². The molecule has 1 saturated heterocycles. The molecule has 0 N–H and O–H groups in total. The van der Waals surface area contributed by atoms with Gasteiger partial charge in [0.2, 0.25) is 5.78 Å². The van der Waals surface area contributed by atoms with Crippen LogP contribution in [0.5, 0.6) is 0 Å². The van der Waals surface area contributed by atoms with Gasteiger partial charge in [-0.2, -0.15) is 8.78 Å². The van der Waals surface area contributed by atoms with Gasteiger partial charge in [0.1, 0.15) is 0 Å². The molecule has 1 aliphatic heterocycles. The Bertz CT molecular complexity index is 727. The van der Waals surface area contributed by atoms with Gasteiger partial charge in [0, 0.05) is 17.3 Å². The number of allylic oxidation sites excluding steroid dienone is 3. The molecule has 0 bridgehead atoms. The second-order valence-electron chi connectivity index (χ2n) is 9.26. The van der Waals surface area contributed by atoms with Crippen LogP contribution in [0.2, 0.25) is 0 Å². The molecule has 3 nitrogen and oxygen atoms in total. The Hall–Kier alpha value is -1.07. The molecular formula is C21H26F2O3. The highest BCUT2D eigenvalue weighted by atomic mass is 19.3. The predicted octanol–water partition coefficient (Wildman–Crippen LogP) is 4.08. The molecule has 6 atom stereocenters. The Balaban J connectivity index is 1.53. The molecule has 2 saturated carbocycles. The fourth-order valence-electron chi connectivity index (χ4n) is 6.48. The number of hydrogen-bond donors (Lipinski definition) is 0. The van der Waals surface area contributed by atoms with Crippen molar-refractivity contribution in [2.45, 2.75) is 64.1 Å². The average Bonchev–Trinajstić information content (AvgIpc) is 2.79. The van der Waals surface area contributed by atoms with Crippen molar-refractivity contribution in [2.75, 3.05) is 13.2 Å². The zero-order chi connectivity index (χ0) is 18.3. The minimum Gasteiger partial charge on any atom is -0.373 e. The molecule has 142 valence electrons. The number of hydrogen-bond acceptors (Lipinski definition) is 3. The quantitative estimate of drug-likeness (QED) is 0.608. The minimum atomic E-state index is -3.18. The smallest absolute Gasteiger partial charge is 0.306 e. The van der Waals surface area contributed by atoms with Crippen molar-refractivity contribution in [1.82, 2.24) is 0 Å². The number of carbonyl (C=O) groups is 1. The molecule has 0 spiro atoms. The molecular weight excluding hydrogens is 338 g/mol. The van der Waals surface area contributed by atoms with Gasteiger partial charge in [-0.3, -0.25) is 4.79 Å². The Morgan fingerprint density at radius 2 is 1.81 bits per heavy atom. The lowest BCUT2D eigenvalue weighted by molar-refractivity contribution is -0.159. The maximum Gasteiger partial charge on any atom is 0.306 e. The second kappa shape index (κ2) is 5.26. The normalized spacial score (nSPS) is 49.3. The largest absolute Gasteiger partial charge is 0.373 e. The van der Waals surface area contributed by atoms with E-state index in [2.05, 4.69) is 19.1 Å². The van der Waals surface area contributed by atoms with E-state index in [0.717, 1.165) is 19.3 Å². The molecule has 5 heteroatoms. The Labute approximate surface area is 152 Å². The number of rotatable bonds is 0. The highest BCUT2D eigenvalue weighted by Gasteiger charge is 2.65. The Morgan fingerprint density at radius 3 is 2.58 bits per heavy atom. The zero-order valence-electron chi connectivity index (χ0n) is 15.4. The summed E-state index contributed by atoms with van der Waals surface area (Å²) in [5, 5.41) is 0. The molecule has 3 fully saturated rings. The topological polar surface area (TPSA) is 35.5 Å². The van der Waals surface area contributed by atoms with Crippen LogP contribution in [0.3, 0.4) is 0 Å². The number of Topliss-reactive ketones (excluding diaryl/α,β-unsaturated/α-hetero) is 1. The van der Waals surface area contributed by atoms with Crippen molar-refractivity contribution in [3.8, 4) is 0 Å². The summed E-state index contributed by atoms with van der Waals surface area (Å²) in [5.74, 6) is -4.24. The maximum atomic E-state index is 14.3. The molecule has 26 heavy (non-hydrogen) atoms. The number of ether oxygens (including phenoxy) is 2. The van der Waals surface area contributed by atoms with E-state index in [0.29, 0.717) is 19.6 Å². The maximum absolute atomic E-state index is 14.3. The van der Waals surface area contributed by atoms with Crippen molar-refractivity contribution in [3.05, 3.63) is 23.3 Å². The molecule has 0 aromatic carbocycles. The Morgan fingerprint density at radius 1 is 1.08 bits per heavy atom. The van der Waals surface area contributed by atoms with Crippen LogP contribution in [0.25, 0.3) is 0 Å². The van der Waals surface area contributed by atoms with Gasteiger partial charge < -0.3 is 9.47 Å². The SMILES string of the molecule is C[C@]12CC3OCCOC3CC1=CC[C@@H]1C2=CC[C@]2(C)C(=O)C(F)(F)C[C@@H]12. The van der Waals surface area contributed by atoms with Gasteiger partial charge in [-0.15, -0.1) is 0 Å². The number of alkyl halides is 2. The number of carbonyl (C=O) groups excluding carboxylic acids is 1. The summed E-state index contributed by atoms with van der Waals surface area (Å²) in [6.45, 7) is 5.27. The fraction of sp³-hybridized carbons (Fsp3) is 0.762. The van der Waals surface area contributed by atoms with E-state index in [9.17, 15) is 13.6 Å². The van der Waals surface area contributed by atoms with E-state index < -0.39 is 17.1 Å². The molecule has 4 aliphatic carbocycles. The van der Waals surface area contributed by atoms with E-state index >= 15 is 0 Å². The summed E-state index contributed by atoms with van der Waals surface area (Å²) < 4.78 is 40.4. The number of halogens is 2. The van der Waals surface area contributed by atoms with Gasteiger partial charge in [0.05, 0.1) is 25.4 Å². The minimum absolute atomic E-state index is 0.0425. The highest BCUT2D eigenvalue weighted by Crippen LogP contribution is 2.64. The lowest BCUT2D eigenvalue weighted by atomic mass is 9.52. The third-order valence-electron chi connectivity index (χ3n) is 7.93. The summed E-state index contributed by atoms with van der Waals surface area (Å²) in [6, 6.07) is 0. The van der Waals surface area contributed by atoms with E-state index in [1.54, 1.807) is 6.92 Å². The first-order valence-electron chi connectivity index (χ1n) is 9.82. The fourth-order valence-corrected chi connectivity index (χ4v) is 6.48.